The van der Waals surface area contributed by atoms with E-state index in [2.05, 4.69) is 10.3 Å². The van der Waals surface area contributed by atoms with E-state index in [0.717, 1.165) is 27.5 Å². The lowest BCUT2D eigenvalue weighted by molar-refractivity contribution is -0.135. The van der Waals surface area contributed by atoms with Crippen molar-refractivity contribution in [2.24, 2.45) is 0 Å². The van der Waals surface area contributed by atoms with Gasteiger partial charge in [0, 0.05) is 16.8 Å². The van der Waals surface area contributed by atoms with Gasteiger partial charge in [0.2, 0.25) is 0 Å². The van der Waals surface area contributed by atoms with Crippen molar-refractivity contribution in [3.05, 3.63) is 28.5 Å². The van der Waals surface area contributed by atoms with E-state index in [1.807, 2.05) is 30.5 Å². The molecule has 6 nitrogen and oxygen atoms in total. The van der Waals surface area contributed by atoms with Crippen molar-refractivity contribution in [1.82, 2.24) is 10.3 Å². The molecule has 0 atom stereocenters. The Morgan fingerprint density at radius 3 is 2.44 bits per heavy atom. The number of aliphatic carboxylic acids is 1. The van der Waals surface area contributed by atoms with Crippen molar-refractivity contribution in [1.29, 1.82) is 0 Å². The standard InChI is InChI=1S/C15H16B3ClN2O4/c1-5-9(11(17)13(19)12(18)10(5)16)6-2-7(22)14(20-3-6)15(25)21-4-8(23)24/h2-3,22H,4,16-18H2,1H3,(H,21,25)(H,23,24). The van der Waals surface area contributed by atoms with Crippen molar-refractivity contribution in [2.75, 3.05) is 6.54 Å². The van der Waals surface area contributed by atoms with Crippen LogP contribution in [0.2, 0.25) is 5.02 Å². The molecule has 25 heavy (non-hydrogen) atoms. The summed E-state index contributed by atoms with van der Waals surface area (Å²) >= 11 is 6.40. The Hall–Kier alpha value is -2.41. The van der Waals surface area contributed by atoms with E-state index in [1.165, 1.54) is 12.3 Å². The number of pyridine rings is 1. The van der Waals surface area contributed by atoms with Gasteiger partial charge in [-0.3, -0.25) is 9.59 Å². The van der Waals surface area contributed by atoms with Gasteiger partial charge in [0.1, 0.15) is 35.8 Å². The van der Waals surface area contributed by atoms with Gasteiger partial charge >= 0.3 is 5.97 Å². The summed E-state index contributed by atoms with van der Waals surface area (Å²) in [7, 11) is 5.81. The Morgan fingerprint density at radius 2 is 1.88 bits per heavy atom. The smallest absolute Gasteiger partial charge is 0.322 e. The summed E-state index contributed by atoms with van der Waals surface area (Å²) < 4.78 is 0. The Balaban J connectivity index is 2.49. The lowest BCUT2D eigenvalue weighted by Gasteiger charge is -2.18. The number of carbonyl (C=O) groups is 2. The fourth-order valence-corrected chi connectivity index (χ4v) is 2.98. The highest BCUT2D eigenvalue weighted by atomic mass is 35.5. The molecule has 2 rings (SSSR count). The summed E-state index contributed by atoms with van der Waals surface area (Å²) in [6.45, 7) is 1.41. The Kier molecular flexibility index (Phi) is 5.47. The lowest BCUT2D eigenvalue weighted by atomic mass is 9.71. The summed E-state index contributed by atoms with van der Waals surface area (Å²) in [4.78, 5) is 26.4. The van der Waals surface area contributed by atoms with Gasteiger partial charge in [-0.05, 0) is 18.6 Å². The molecule has 3 N–H and O–H groups in total. The van der Waals surface area contributed by atoms with E-state index < -0.39 is 18.4 Å². The number of aromatic nitrogens is 1. The summed E-state index contributed by atoms with van der Waals surface area (Å²) in [5.74, 6) is -2.26. The molecule has 0 bridgehead atoms. The van der Waals surface area contributed by atoms with E-state index in [-0.39, 0.29) is 11.4 Å². The number of hydrogen-bond donors (Lipinski definition) is 3. The minimum Gasteiger partial charge on any atom is -0.505 e. The number of aromatic hydroxyl groups is 1. The molecule has 1 aromatic carbocycles. The number of nitrogens with one attached hydrogen (secondary N) is 1. The zero-order chi connectivity index (χ0) is 18.9. The number of rotatable bonds is 4. The first-order valence-corrected chi connectivity index (χ1v) is 7.98. The largest absolute Gasteiger partial charge is 0.505 e. The summed E-state index contributed by atoms with van der Waals surface area (Å²) in [6.07, 6.45) is 1.47. The Morgan fingerprint density at radius 1 is 1.24 bits per heavy atom. The number of hydrogen-bond acceptors (Lipinski definition) is 4. The van der Waals surface area contributed by atoms with Crippen LogP contribution in [-0.4, -0.2) is 57.2 Å². The molecule has 0 radical (unpaired) electrons. The molecule has 0 fully saturated rings. The van der Waals surface area contributed by atoms with Crippen LogP contribution in [0, 0.1) is 6.92 Å². The summed E-state index contributed by atoms with van der Waals surface area (Å²) in [5, 5.41) is 21.6. The second kappa shape index (κ2) is 7.23. The first-order chi connectivity index (χ1) is 11.6. The lowest BCUT2D eigenvalue weighted by Crippen LogP contribution is -2.35. The molecule has 1 heterocycles. The molecule has 0 saturated carbocycles. The molecular weight excluding hydrogens is 340 g/mol. The average Bonchev–Trinajstić information content (AvgIpc) is 2.56. The van der Waals surface area contributed by atoms with Gasteiger partial charge in [-0.15, -0.1) is 0 Å². The van der Waals surface area contributed by atoms with Crippen LogP contribution in [-0.2, 0) is 4.79 Å². The number of halogens is 1. The predicted molar refractivity (Wildman–Crippen MR) is 106 cm³/mol. The van der Waals surface area contributed by atoms with Crippen LogP contribution in [0.1, 0.15) is 16.1 Å². The molecule has 2 aromatic rings. The maximum Gasteiger partial charge on any atom is 0.322 e. The van der Waals surface area contributed by atoms with Crippen molar-refractivity contribution in [3.8, 4) is 16.9 Å². The van der Waals surface area contributed by atoms with Crippen LogP contribution in [0.15, 0.2) is 12.3 Å². The van der Waals surface area contributed by atoms with Crippen LogP contribution in [0.5, 0.6) is 5.75 Å². The van der Waals surface area contributed by atoms with Crippen molar-refractivity contribution >= 4 is 63.4 Å². The highest BCUT2D eigenvalue weighted by molar-refractivity contribution is 6.60. The third-order valence-corrected chi connectivity index (χ3v) is 4.87. The molecule has 0 aliphatic rings. The maximum atomic E-state index is 11.9. The minimum absolute atomic E-state index is 0.227. The van der Waals surface area contributed by atoms with Crippen LogP contribution >= 0.6 is 11.6 Å². The molecular formula is C15H16B3ClN2O4. The van der Waals surface area contributed by atoms with Gasteiger partial charge in [0.15, 0.2) is 5.69 Å². The molecule has 1 amide bonds. The average molecular weight is 356 g/mol. The molecule has 0 spiro atoms. The molecule has 0 aliphatic heterocycles. The molecule has 1 aromatic heterocycles. The van der Waals surface area contributed by atoms with E-state index in [1.54, 1.807) is 0 Å². The first kappa shape index (κ1) is 18.9. The second-order valence-corrected chi connectivity index (χ2v) is 6.24. The first-order valence-electron chi connectivity index (χ1n) is 7.60. The van der Waals surface area contributed by atoms with Gasteiger partial charge in [0.25, 0.3) is 5.91 Å². The van der Waals surface area contributed by atoms with Crippen LogP contribution in [0.25, 0.3) is 11.1 Å². The van der Waals surface area contributed by atoms with Gasteiger partial charge in [-0.25, -0.2) is 4.98 Å². The quantitative estimate of drug-likeness (QED) is 0.508. The zero-order valence-electron chi connectivity index (χ0n) is 14.4. The normalized spacial score (nSPS) is 10.5. The Bertz CT molecular complexity index is 861. The van der Waals surface area contributed by atoms with Gasteiger partial charge in [0.05, 0.1) is 0 Å². The van der Waals surface area contributed by atoms with E-state index >= 15 is 0 Å². The highest BCUT2D eigenvalue weighted by Gasteiger charge is 2.18. The SMILES string of the molecule is Bc1c(B)c(Cl)c(B)c(-c2cnc(C(=O)NCC(=O)O)c(O)c2)c1C. The summed E-state index contributed by atoms with van der Waals surface area (Å²) in [6, 6.07) is 1.43. The molecule has 10 heteroatoms. The fraction of sp³-hybridized carbons (Fsp3) is 0.133. The number of carboxylic acid groups (broad SMARTS) is 1. The third-order valence-electron chi connectivity index (χ3n) is 4.30. The predicted octanol–water partition coefficient (Wildman–Crippen LogP) is -2.99. The molecule has 0 unspecified atom stereocenters. The number of nitrogens with zero attached hydrogens (tertiary/aromatic N) is 1. The maximum absolute atomic E-state index is 11.9. The van der Waals surface area contributed by atoms with Crippen LogP contribution < -0.4 is 21.7 Å². The zero-order valence-corrected chi connectivity index (χ0v) is 15.2. The summed E-state index contributed by atoms with van der Waals surface area (Å²) in [5.41, 5.74) is 5.20. The topological polar surface area (TPSA) is 99.5 Å². The number of amides is 1. The molecule has 126 valence electrons. The third kappa shape index (κ3) is 3.66. The Labute approximate surface area is 152 Å². The van der Waals surface area contributed by atoms with E-state index in [9.17, 15) is 14.7 Å². The van der Waals surface area contributed by atoms with E-state index in [0.29, 0.717) is 10.6 Å². The van der Waals surface area contributed by atoms with Gasteiger partial charge < -0.3 is 15.5 Å². The van der Waals surface area contributed by atoms with Crippen LogP contribution in [0.3, 0.4) is 0 Å². The number of carbonyl (C=O) groups excluding carboxylic acids is 1. The molecule has 0 saturated heterocycles. The second-order valence-electron chi connectivity index (χ2n) is 5.86. The van der Waals surface area contributed by atoms with Crippen molar-refractivity contribution < 1.29 is 19.8 Å². The van der Waals surface area contributed by atoms with Crippen LogP contribution in [0.4, 0.5) is 0 Å². The number of carboxylic acids is 1. The molecule has 0 aliphatic carbocycles. The van der Waals surface area contributed by atoms with E-state index in [4.69, 9.17) is 16.7 Å². The van der Waals surface area contributed by atoms with Gasteiger partial charge in [-0.1, -0.05) is 33.6 Å². The minimum atomic E-state index is -1.18. The fourth-order valence-electron chi connectivity index (χ4n) is 2.74. The monoisotopic (exact) mass is 356 g/mol. The highest BCUT2D eigenvalue weighted by Crippen LogP contribution is 2.26. The van der Waals surface area contributed by atoms with Gasteiger partial charge in [-0.2, -0.15) is 0 Å². The van der Waals surface area contributed by atoms with Crippen molar-refractivity contribution in [3.63, 3.8) is 0 Å². The number of benzene rings is 1. The van der Waals surface area contributed by atoms with Crippen molar-refractivity contribution in [2.45, 2.75) is 6.92 Å².